The molecule has 0 amide bonds. The molecule has 0 bridgehead atoms. The topological polar surface area (TPSA) is 12.0 Å². The van der Waals surface area contributed by atoms with Gasteiger partial charge in [-0.15, -0.1) is 0 Å². The van der Waals surface area contributed by atoms with Gasteiger partial charge in [0.2, 0.25) is 0 Å². The van der Waals surface area contributed by atoms with E-state index >= 15 is 0 Å². The van der Waals surface area contributed by atoms with Gasteiger partial charge in [0.05, 0.1) is 5.02 Å². The number of hydrogen-bond acceptors (Lipinski definition) is 1. The molecule has 0 spiro atoms. The summed E-state index contributed by atoms with van der Waals surface area (Å²) in [6.45, 7) is 1.82. The summed E-state index contributed by atoms with van der Waals surface area (Å²) in [5.74, 6) is -0.284. The van der Waals surface area contributed by atoms with Crippen molar-refractivity contribution in [2.45, 2.75) is 6.42 Å². The first kappa shape index (κ1) is 9.69. The van der Waals surface area contributed by atoms with E-state index in [9.17, 15) is 4.39 Å². The van der Waals surface area contributed by atoms with E-state index in [0.29, 0.717) is 5.02 Å². The van der Waals surface area contributed by atoms with Crippen LogP contribution < -0.4 is 5.32 Å². The van der Waals surface area contributed by atoms with Gasteiger partial charge in [-0.3, -0.25) is 0 Å². The van der Waals surface area contributed by atoms with Gasteiger partial charge in [0.25, 0.3) is 0 Å². The minimum absolute atomic E-state index is 0.284. The highest BCUT2D eigenvalue weighted by atomic mass is 35.5. The van der Waals surface area contributed by atoms with Crippen LogP contribution in [0.4, 0.5) is 4.39 Å². The lowest BCUT2D eigenvalue weighted by Gasteiger charge is -2.15. The maximum absolute atomic E-state index is 12.8. The van der Waals surface area contributed by atoms with E-state index in [0.717, 1.165) is 25.1 Å². The fourth-order valence-electron chi connectivity index (χ4n) is 1.62. The number of nitrogens with one attached hydrogen (secondary N) is 1. The first-order valence-corrected chi connectivity index (χ1v) is 5.00. The zero-order chi connectivity index (χ0) is 9.97. The highest BCUT2D eigenvalue weighted by molar-refractivity contribution is 6.32. The average molecular weight is 212 g/mol. The van der Waals surface area contributed by atoms with Gasteiger partial charge < -0.3 is 5.32 Å². The van der Waals surface area contributed by atoms with Crippen molar-refractivity contribution in [3.8, 4) is 0 Å². The summed E-state index contributed by atoms with van der Waals surface area (Å²) in [5, 5.41) is 3.72. The van der Waals surface area contributed by atoms with Crippen LogP contribution in [0.3, 0.4) is 0 Å². The molecule has 1 nitrogen and oxygen atoms in total. The minimum atomic E-state index is -0.284. The summed E-state index contributed by atoms with van der Waals surface area (Å²) in [6, 6.07) is 4.55. The Balaban J connectivity index is 2.35. The molecule has 1 N–H and O–H groups in total. The monoisotopic (exact) mass is 211 g/mol. The lowest BCUT2D eigenvalue weighted by Crippen LogP contribution is -2.20. The van der Waals surface area contributed by atoms with Crippen molar-refractivity contribution in [2.24, 2.45) is 0 Å². The third kappa shape index (κ3) is 1.97. The van der Waals surface area contributed by atoms with Gasteiger partial charge in [0.15, 0.2) is 0 Å². The van der Waals surface area contributed by atoms with Crippen LogP contribution in [-0.4, -0.2) is 13.1 Å². The van der Waals surface area contributed by atoms with Crippen molar-refractivity contribution in [1.29, 1.82) is 0 Å². The molecular weight excluding hydrogens is 201 g/mol. The van der Waals surface area contributed by atoms with Crippen molar-refractivity contribution in [3.05, 3.63) is 40.7 Å². The zero-order valence-electron chi connectivity index (χ0n) is 7.69. The second kappa shape index (κ2) is 4.11. The standard InChI is InChI=1S/C11H11ClFN/c12-11-7-9(13)1-2-10(11)8-3-5-14-6-4-8/h1-3,7,14H,4-6H2. The first-order valence-electron chi connectivity index (χ1n) is 4.62. The Kier molecular flexibility index (Phi) is 2.85. The smallest absolute Gasteiger partial charge is 0.124 e. The predicted octanol–water partition coefficient (Wildman–Crippen LogP) is 2.86. The molecule has 1 heterocycles. The molecule has 0 saturated heterocycles. The number of hydrogen-bond donors (Lipinski definition) is 1. The van der Waals surface area contributed by atoms with Crippen molar-refractivity contribution < 1.29 is 4.39 Å². The summed E-state index contributed by atoms with van der Waals surface area (Å²) in [4.78, 5) is 0. The Morgan fingerprint density at radius 1 is 1.36 bits per heavy atom. The number of halogens is 2. The maximum atomic E-state index is 12.8. The molecule has 1 aromatic carbocycles. The van der Waals surface area contributed by atoms with E-state index in [-0.39, 0.29) is 5.82 Å². The summed E-state index contributed by atoms with van der Waals surface area (Å²) in [6.07, 6.45) is 3.05. The Morgan fingerprint density at radius 3 is 2.86 bits per heavy atom. The van der Waals surface area contributed by atoms with Crippen molar-refractivity contribution in [2.75, 3.05) is 13.1 Å². The van der Waals surface area contributed by atoms with Crippen LogP contribution in [0.1, 0.15) is 12.0 Å². The molecule has 0 saturated carbocycles. The molecule has 1 aliphatic heterocycles. The Labute approximate surface area is 87.6 Å². The molecule has 2 rings (SSSR count). The fraction of sp³-hybridized carbons (Fsp3) is 0.273. The van der Waals surface area contributed by atoms with E-state index in [1.165, 1.54) is 17.7 Å². The fourth-order valence-corrected chi connectivity index (χ4v) is 1.91. The largest absolute Gasteiger partial charge is 0.313 e. The van der Waals surface area contributed by atoms with E-state index < -0.39 is 0 Å². The molecule has 1 aliphatic rings. The molecule has 0 radical (unpaired) electrons. The lowest BCUT2D eigenvalue weighted by atomic mass is 10.0. The van der Waals surface area contributed by atoms with Crippen LogP contribution in [0.25, 0.3) is 5.57 Å². The third-order valence-electron chi connectivity index (χ3n) is 2.34. The van der Waals surface area contributed by atoms with Gasteiger partial charge in [0, 0.05) is 6.54 Å². The SMILES string of the molecule is Fc1ccc(C2=CCNCC2)c(Cl)c1. The normalized spacial score (nSPS) is 16.6. The van der Waals surface area contributed by atoms with Gasteiger partial charge in [-0.1, -0.05) is 23.7 Å². The highest BCUT2D eigenvalue weighted by Crippen LogP contribution is 2.27. The second-order valence-corrected chi connectivity index (χ2v) is 3.71. The molecule has 14 heavy (non-hydrogen) atoms. The van der Waals surface area contributed by atoms with Gasteiger partial charge in [0.1, 0.15) is 5.82 Å². The molecule has 1 aromatic rings. The van der Waals surface area contributed by atoms with Crippen LogP contribution in [0.5, 0.6) is 0 Å². The van der Waals surface area contributed by atoms with E-state index in [2.05, 4.69) is 11.4 Å². The van der Waals surface area contributed by atoms with Crippen LogP contribution in [-0.2, 0) is 0 Å². The molecule has 0 unspecified atom stereocenters. The van der Waals surface area contributed by atoms with Gasteiger partial charge in [-0.25, -0.2) is 4.39 Å². The molecule has 3 heteroatoms. The van der Waals surface area contributed by atoms with Crippen LogP contribution in [0.2, 0.25) is 5.02 Å². The van der Waals surface area contributed by atoms with E-state index in [4.69, 9.17) is 11.6 Å². The third-order valence-corrected chi connectivity index (χ3v) is 2.65. The minimum Gasteiger partial charge on any atom is -0.313 e. The van der Waals surface area contributed by atoms with Crippen LogP contribution in [0, 0.1) is 5.82 Å². The second-order valence-electron chi connectivity index (χ2n) is 3.31. The van der Waals surface area contributed by atoms with Gasteiger partial charge in [-0.2, -0.15) is 0 Å². The molecular formula is C11H11ClFN. The Bertz CT molecular complexity index is 374. The summed E-state index contributed by atoms with van der Waals surface area (Å²) >= 11 is 5.96. The Hall–Kier alpha value is -0.860. The predicted molar refractivity (Wildman–Crippen MR) is 56.9 cm³/mol. The van der Waals surface area contributed by atoms with Gasteiger partial charge in [-0.05, 0) is 36.2 Å². The molecule has 0 aromatic heterocycles. The Morgan fingerprint density at radius 2 is 2.21 bits per heavy atom. The lowest BCUT2D eigenvalue weighted by molar-refractivity contribution is 0.627. The van der Waals surface area contributed by atoms with Crippen molar-refractivity contribution in [1.82, 2.24) is 5.32 Å². The van der Waals surface area contributed by atoms with Gasteiger partial charge >= 0.3 is 0 Å². The van der Waals surface area contributed by atoms with Crippen LogP contribution >= 0.6 is 11.6 Å². The highest BCUT2D eigenvalue weighted by Gasteiger charge is 2.09. The molecule has 0 atom stereocenters. The maximum Gasteiger partial charge on any atom is 0.124 e. The molecule has 0 fully saturated rings. The zero-order valence-corrected chi connectivity index (χ0v) is 8.44. The number of rotatable bonds is 1. The number of benzene rings is 1. The molecule has 0 aliphatic carbocycles. The summed E-state index contributed by atoms with van der Waals surface area (Å²) in [5.41, 5.74) is 2.16. The van der Waals surface area contributed by atoms with Crippen molar-refractivity contribution in [3.63, 3.8) is 0 Å². The van der Waals surface area contributed by atoms with E-state index in [1.54, 1.807) is 6.07 Å². The molecule has 74 valence electrons. The summed E-state index contributed by atoms with van der Waals surface area (Å²) < 4.78 is 12.8. The van der Waals surface area contributed by atoms with E-state index in [1.807, 2.05) is 0 Å². The van der Waals surface area contributed by atoms with Crippen molar-refractivity contribution >= 4 is 17.2 Å². The summed E-state index contributed by atoms with van der Waals surface area (Å²) in [7, 11) is 0. The average Bonchev–Trinajstić information content (AvgIpc) is 2.19. The quantitative estimate of drug-likeness (QED) is 0.753. The first-order chi connectivity index (χ1) is 6.77. The van der Waals surface area contributed by atoms with Crippen LogP contribution in [0.15, 0.2) is 24.3 Å².